The molecule has 3 nitrogen and oxygen atoms in total. The van der Waals surface area contributed by atoms with E-state index in [4.69, 9.17) is 5.73 Å². The van der Waals surface area contributed by atoms with Gasteiger partial charge >= 0.3 is 0 Å². The van der Waals surface area contributed by atoms with Crippen LogP contribution in [0.2, 0.25) is 0 Å². The fourth-order valence-electron chi connectivity index (χ4n) is 1.27. The molecule has 0 aliphatic heterocycles. The highest BCUT2D eigenvalue weighted by molar-refractivity contribution is 5.91. The quantitative estimate of drug-likeness (QED) is 0.498. The van der Waals surface area contributed by atoms with Crippen molar-refractivity contribution in [2.24, 2.45) is 5.73 Å². The van der Waals surface area contributed by atoms with E-state index in [1.807, 2.05) is 6.08 Å². The number of primary amides is 1. The minimum absolute atomic E-state index is 0.312. The number of allylic oxidation sites excluding steroid dienone is 1. The molecule has 0 aliphatic carbocycles. The molecule has 0 unspecified atom stereocenters. The van der Waals surface area contributed by atoms with Gasteiger partial charge in [0.1, 0.15) is 0 Å². The highest BCUT2D eigenvalue weighted by atomic mass is 16.1. The second kappa shape index (κ2) is 7.56. The number of carbonyl (C=O) groups excluding carboxylic acids is 1. The second-order valence-corrected chi connectivity index (χ2v) is 3.42. The third-order valence-corrected chi connectivity index (χ3v) is 2.41. The van der Waals surface area contributed by atoms with Crippen LogP contribution in [0, 0.1) is 0 Å². The summed E-state index contributed by atoms with van der Waals surface area (Å²) in [6.07, 6.45) is 3.95. The Morgan fingerprint density at radius 3 is 2.36 bits per heavy atom. The molecule has 3 heteroatoms. The first-order valence-electron chi connectivity index (χ1n) is 5.30. The predicted molar refractivity (Wildman–Crippen MR) is 60.0 cm³/mol. The molecule has 14 heavy (non-hydrogen) atoms. The van der Waals surface area contributed by atoms with Gasteiger partial charge in [0.15, 0.2) is 0 Å². The molecule has 0 aromatic heterocycles. The number of amides is 1. The summed E-state index contributed by atoms with van der Waals surface area (Å²) >= 11 is 0. The third kappa shape index (κ3) is 5.75. The Bertz CT molecular complexity index is 195. The molecular weight excluding hydrogens is 176 g/mol. The molecule has 0 bridgehead atoms. The van der Waals surface area contributed by atoms with Crippen molar-refractivity contribution in [3.8, 4) is 0 Å². The maximum absolute atomic E-state index is 10.7. The molecule has 0 spiro atoms. The van der Waals surface area contributed by atoms with Crippen LogP contribution in [0.4, 0.5) is 0 Å². The van der Waals surface area contributed by atoms with E-state index in [-0.39, 0.29) is 5.91 Å². The molecule has 0 radical (unpaired) electrons. The van der Waals surface area contributed by atoms with Crippen LogP contribution in [0.3, 0.4) is 0 Å². The van der Waals surface area contributed by atoms with Crippen molar-refractivity contribution in [1.82, 2.24) is 4.90 Å². The Morgan fingerprint density at radius 1 is 1.36 bits per heavy atom. The lowest BCUT2D eigenvalue weighted by molar-refractivity contribution is -0.114. The Kier molecular flexibility index (Phi) is 7.11. The molecule has 0 aliphatic rings. The average Bonchev–Trinajstić information content (AvgIpc) is 2.17. The molecule has 0 atom stereocenters. The molecule has 0 aromatic carbocycles. The van der Waals surface area contributed by atoms with Gasteiger partial charge in [0.25, 0.3) is 0 Å². The monoisotopic (exact) mass is 198 g/mol. The minimum Gasteiger partial charge on any atom is -0.366 e. The smallest absolute Gasteiger partial charge is 0.244 e. The van der Waals surface area contributed by atoms with E-state index in [2.05, 4.69) is 18.7 Å². The van der Waals surface area contributed by atoms with Crippen LogP contribution in [0.25, 0.3) is 0 Å². The summed E-state index contributed by atoms with van der Waals surface area (Å²) in [5.41, 5.74) is 5.78. The number of rotatable bonds is 7. The van der Waals surface area contributed by atoms with E-state index in [1.165, 1.54) is 0 Å². The molecule has 0 heterocycles. The topological polar surface area (TPSA) is 46.3 Å². The highest BCUT2D eigenvalue weighted by Gasteiger charge is 1.98. The first kappa shape index (κ1) is 13.2. The van der Waals surface area contributed by atoms with Gasteiger partial charge in [-0.2, -0.15) is 0 Å². The minimum atomic E-state index is -0.312. The molecular formula is C11H22N2O. The maximum Gasteiger partial charge on any atom is 0.244 e. The van der Waals surface area contributed by atoms with E-state index in [9.17, 15) is 4.79 Å². The average molecular weight is 198 g/mol. The molecule has 0 saturated carbocycles. The van der Waals surface area contributed by atoms with Gasteiger partial charge in [-0.1, -0.05) is 19.9 Å². The summed E-state index contributed by atoms with van der Waals surface area (Å²) < 4.78 is 0. The molecule has 0 fully saturated rings. The molecule has 1 amide bonds. The molecule has 0 aromatic rings. The van der Waals surface area contributed by atoms with Gasteiger partial charge in [-0.15, -0.1) is 0 Å². The number of carbonyl (C=O) groups is 1. The standard InChI is InChI=1S/C11H22N2O/c1-4-13(5-2)9-7-6-8-10(3)11(12)14/h8H,4-7,9H2,1-3H3,(H2,12,14)/b10-8+. The zero-order valence-corrected chi connectivity index (χ0v) is 9.55. The largest absolute Gasteiger partial charge is 0.366 e. The number of nitrogens with zero attached hydrogens (tertiary/aromatic N) is 1. The normalized spacial score (nSPS) is 12.1. The lowest BCUT2D eigenvalue weighted by Crippen LogP contribution is -2.23. The van der Waals surface area contributed by atoms with Crippen LogP contribution in [0.5, 0.6) is 0 Å². The molecule has 0 rings (SSSR count). The van der Waals surface area contributed by atoms with Crippen LogP contribution in [-0.2, 0) is 4.79 Å². The van der Waals surface area contributed by atoms with Crippen LogP contribution in [0.1, 0.15) is 33.6 Å². The first-order valence-corrected chi connectivity index (χ1v) is 5.30. The predicted octanol–water partition coefficient (Wildman–Crippen LogP) is 1.54. The van der Waals surface area contributed by atoms with Gasteiger partial charge < -0.3 is 10.6 Å². The summed E-state index contributed by atoms with van der Waals surface area (Å²) in [5, 5.41) is 0. The van der Waals surface area contributed by atoms with E-state index >= 15 is 0 Å². The van der Waals surface area contributed by atoms with Gasteiger partial charge in [-0.05, 0) is 39.4 Å². The zero-order chi connectivity index (χ0) is 11.0. The number of nitrogens with two attached hydrogens (primary N) is 1. The zero-order valence-electron chi connectivity index (χ0n) is 9.55. The Balaban J connectivity index is 3.64. The van der Waals surface area contributed by atoms with Crippen LogP contribution in [0.15, 0.2) is 11.6 Å². The molecule has 0 saturated heterocycles. The summed E-state index contributed by atoms with van der Waals surface area (Å²) in [6, 6.07) is 0. The van der Waals surface area contributed by atoms with Crippen LogP contribution < -0.4 is 5.73 Å². The summed E-state index contributed by atoms with van der Waals surface area (Å²) in [7, 11) is 0. The van der Waals surface area contributed by atoms with Gasteiger partial charge in [-0.3, -0.25) is 4.79 Å². The van der Waals surface area contributed by atoms with Crippen molar-refractivity contribution >= 4 is 5.91 Å². The van der Waals surface area contributed by atoms with Crippen LogP contribution >= 0.6 is 0 Å². The molecule has 82 valence electrons. The number of unbranched alkanes of at least 4 members (excludes halogenated alkanes) is 1. The summed E-state index contributed by atoms with van der Waals surface area (Å²) in [6.45, 7) is 9.36. The Labute approximate surface area is 87.0 Å². The van der Waals surface area contributed by atoms with Crippen molar-refractivity contribution in [3.63, 3.8) is 0 Å². The lowest BCUT2D eigenvalue weighted by Gasteiger charge is -2.16. The van der Waals surface area contributed by atoms with Gasteiger partial charge in [0.2, 0.25) is 5.91 Å². The lowest BCUT2D eigenvalue weighted by atomic mass is 10.2. The van der Waals surface area contributed by atoms with Crippen LogP contribution in [-0.4, -0.2) is 30.4 Å². The van der Waals surface area contributed by atoms with Gasteiger partial charge in [0.05, 0.1) is 0 Å². The van der Waals surface area contributed by atoms with Crippen molar-refractivity contribution in [2.45, 2.75) is 33.6 Å². The van der Waals surface area contributed by atoms with E-state index in [0.29, 0.717) is 5.57 Å². The first-order chi connectivity index (χ1) is 6.61. The summed E-state index contributed by atoms with van der Waals surface area (Å²) in [4.78, 5) is 13.1. The van der Waals surface area contributed by atoms with Crippen molar-refractivity contribution in [1.29, 1.82) is 0 Å². The number of hydrogen-bond donors (Lipinski definition) is 1. The SMILES string of the molecule is CCN(CC)CCC/C=C(\C)C(N)=O. The van der Waals surface area contributed by atoms with Crippen molar-refractivity contribution in [2.75, 3.05) is 19.6 Å². The fourth-order valence-corrected chi connectivity index (χ4v) is 1.27. The Morgan fingerprint density at radius 2 is 1.93 bits per heavy atom. The highest BCUT2D eigenvalue weighted by Crippen LogP contribution is 1.99. The van der Waals surface area contributed by atoms with E-state index in [0.717, 1.165) is 32.5 Å². The fraction of sp³-hybridized carbons (Fsp3) is 0.727. The molecule has 2 N–H and O–H groups in total. The summed E-state index contributed by atoms with van der Waals surface area (Å²) in [5.74, 6) is -0.312. The van der Waals surface area contributed by atoms with Gasteiger partial charge in [0, 0.05) is 5.57 Å². The van der Waals surface area contributed by atoms with Crippen molar-refractivity contribution in [3.05, 3.63) is 11.6 Å². The number of hydrogen-bond acceptors (Lipinski definition) is 2. The Hall–Kier alpha value is -0.830. The van der Waals surface area contributed by atoms with Gasteiger partial charge in [-0.25, -0.2) is 0 Å². The second-order valence-electron chi connectivity index (χ2n) is 3.42. The van der Waals surface area contributed by atoms with E-state index in [1.54, 1.807) is 6.92 Å². The van der Waals surface area contributed by atoms with E-state index < -0.39 is 0 Å². The third-order valence-electron chi connectivity index (χ3n) is 2.41. The van der Waals surface area contributed by atoms with Crippen molar-refractivity contribution < 1.29 is 4.79 Å². The maximum atomic E-state index is 10.7.